The van der Waals surface area contributed by atoms with Gasteiger partial charge in [0, 0.05) is 12.7 Å². The number of halogens is 1. The molecular formula is C28H26FNO2S. The third-order valence-electron chi connectivity index (χ3n) is 5.57. The third kappa shape index (κ3) is 6.14. The van der Waals surface area contributed by atoms with E-state index in [9.17, 15) is 14.3 Å². The van der Waals surface area contributed by atoms with Crippen LogP contribution in [0.4, 0.5) is 4.39 Å². The number of aliphatic carboxylic acids is 1. The van der Waals surface area contributed by atoms with Crippen molar-refractivity contribution in [3.05, 3.63) is 120 Å². The number of carboxylic acid groups (broad SMARTS) is 1. The van der Waals surface area contributed by atoms with Crippen LogP contribution in [0.1, 0.15) is 17.5 Å². The Bertz CT molecular complexity index is 1140. The first-order valence-corrected chi connectivity index (χ1v) is 12.0. The Morgan fingerprint density at radius 3 is 2.45 bits per heavy atom. The van der Waals surface area contributed by atoms with Crippen molar-refractivity contribution >= 4 is 17.7 Å². The van der Waals surface area contributed by atoms with Gasteiger partial charge in [-0.3, -0.25) is 0 Å². The van der Waals surface area contributed by atoms with Crippen molar-refractivity contribution in [3.63, 3.8) is 0 Å². The topological polar surface area (TPSA) is 40.5 Å². The zero-order chi connectivity index (χ0) is 23.0. The normalized spacial score (nSPS) is 15.4. The molecule has 1 aliphatic heterocycles. The van der Waals surface area contributed by atoms with Crippen LogP contribution in [0, 0.1) is 5.82 Å². The fraction of sp³-hybridized carbons (Fsp3) is 0.179. The van der Waals surface area contributed by atoms with E-state index in [1.807, 2.05) is 30.5 Å². The van der Waals surface area contributed by atoms with Gasteiger partial charge < -0.3 is 10.0 Å². The third-order valence-corrected chi connectivity index (χ3v) is 6.93. The van der Waals surface area contributed by atoms with Crippen molar-refractivity contribution < 1.29 is 14.3 Å². The molecule has 1 N–H and O–H groups in total. The molecule has 0 saturated heterocycles. The zero-order valence-corrected chi connectivity index (χ0v) is 19.0. The van der Waals surface area contributed by atoms with Crippen molar-refractivity contribution in [1.29, 1.82) is 0 Å². The predicted molar refractivity (Wildman–Crippen MR) is 133 cm³/mol. The second-order valence-corrected chi connectivity index (χ2v) is 9.15. The van der Waals surface area contributed by atoms with Crippen molar-refractivity contribution in [2.45, 2.75) is 24.8 Å². The number of benzene rings is 3. The lowest BCUT2D eigenvalue weighted by atomic mass is 10.0. The lowest BCUT2D eigenvalue weighted by Gasteiger charge is -2.33. The quantitative estimate of drug-likeness (QED) is 0.370. The van der Waals surface area contributed by atoms with Gasteiger partial charge in [-0.1, -0.05) is 60.7 Å². The van der Waals surface area contributed by atoms with Crippen molar-refractivity contribution in [3.8, 4) is 11.1 Å². The van der Waals surface area contributed by atoms with Crippen LogP contribution in [0.25, 0.3) is 11.1 Å². The number of hydrogen-bond acceptors (Lipinski definition) is 3. The van der Waals surface area contributed by atoms with Gasteiger partial charge >= 0.3 is 5.97 Å². The van der Waals surface area contributed by atoms with Gasteiger partial charge in [0.05, 0.1) is 5.57 Å². The summed E-state index contributed by atoms with van der Waals surface area (Å²) >= 11 is 1.64. The molecule has 3 nitrogen and oxygen atoms in total. The van der Waals surface area contributed by atoms with Gasteiger partial charge in [0.15, 0.2) is 0 Å². The molecule has 1 heterocycles. The molecule has 33 heavy (non-hydrogen) atoms. The van der Waals surface area contributed by atoms with Crippen LogP contribution in [0.2, 0.25) is 0 Å². The van der Waals surface area contributed by atoms with Crippen LogP contribution < -0.4 is 0 Å². The van der Waals surface area contributed by atoms with Crippen LogP contribution in [-0.2, 0) is 17.8 Å². The number of aryl methyl sites for hydroxylation is 1. The maximum absolute atomic E-state index is 13.1. The Labute approximate surface area is 198 Å². The van der Waals surface area contributed by atoms with Gasteiger partial charge in [0.2, 0.25) is 0 Å². The fourth-order valence-corrected chi connectivity index (χ4v) is 5.14. The molecule has 0 fully saturated rings. The molecule has 0 spiro atoms. The van der Waals surface area contributed by atoms with E-state index in [1.165, 1.54) is 12.1 Å². The second-order valence-electron chi connectivity index (χ2n) is 7.96. The standard InChI is InChI=1S/C28H26FNO2S/c29-25-15-13-21(14-16-25)8-6-18-33-27-26(28(31)32)12-5-17-30(27)20-22-7-4-11-24(19-22)23-9-2-1-3-10-23/h1-5,7,9-17,19,27H,6,8,18,20H2,(H,31,32). The molecule has 0 radical (unpaired) electrons. The molecule has 3 aromatic carbocycles. The average molecular weight is 460 g/mol. The van der Waals surface area contributed by atoms with Gasteiger partial charge in [-0.25, -0.2) is 9.18 Å². The minimum atomic E-state index is -0.890. The Balaban J connectivity index is 1.43. The van der Waals surface area contributed by atoms with Gasteiger partial charge in [0.25, 0.3) is 0 Å². The average Bonchev–Trinajstić information content (AvgIpc) is 2.84. The molecule has 0 amide bonds. The molecule has 0 aromatic heterocycles. The lowest BCUT2D eigenvalue weighted by Crippen LogP contribution is -2.34. The Hall–Kier alpha value is -3.31. The number of rotatable bonds is 9. The Morgan fingerprint density at radius 2 is 1.70 bits per heavy atom. The summed E-state index contributed by atoms with van der Waals surface area (Å²) in [6.07, 6.45) is 7.19. The number of allylic oxidation sites excluding steroid dienone is 2. The minimum Gasteiger partial charge on any atom is -0.478 e. The molecule has 0 aliphatic carbocycles. The van der Waals surface area contributed by atoms with Crippen molar-refractivity contribution in [1.82, 2.24) is 4.90 Å². The lowest BCUT2D eigenvalue weighted by molar-refractivity contribution is -0.133. The SMILES string of the molecule is O=C(O)C1=CC=CN(Cc2cccc(-c3ccccc3)c2)C1SCCCc1ccc(F)cc1. The van der Waals surface area contributed by atoms with Gasteiger partial charge in [-0.15, -0.1) is 11.8 Å². The van der Waals surface area contributed by atoms with E-state index in [0.717, 1.165) is 40.8 Å². The highest BCUT2D eigenvalue weighted by Gasteiger charge is 2.27. The van der Waals surface area contributed by atoms with E-state index < -0.39 is 5.97 Å². The second kappa shape index (κ2) is 11.0. The highest BCUT2D eigenvalue weighted by molar-refractivity contribution is 8.00. The van der Waals surface area contributed by atoms with Crippen molar-refractivity contribution in [2.24, 2.45) is 0 Å². The highest BCUT2D eigenvalue weighted by Crippen LogP contribution is 2.30. The van der Waals surface area contributed by atoms with Gasteiger partial charge in [-0.05, 0) is 71.2 Å². The van der Waals surface area contributed by atoms with E-state index in [2.05, 4.69) is 35.2 Å². The smallest absolute Gasteiger partial charge is 0.334 e. The largest absolute Gasteiger partial charge is 0.478 e. The summed E-state index contributed by atoms with van der Waals surface area (Å²) in [5.41, 5.74) is 4.91. The molecule has 4 rings (SSSR count). The first kappa shape index (κ1) is 22.9. The molecule has 0 saturated carbocycles. The van der Waals surface area contributed by atoms with E-state index >= 15 is 0 Å². The Kier molecular flexibility index (Phi) is 7.63. The van der Waals surface area contributed by atoms with Crippen LogP contribution in [0.3, 0.4) is 0 Å². The van der Waals surface area contributed by atoms with E-state index in [4.69, 9.17) is 0 Å². The van der Waals surface area contributed by atoms with Crippen LogP contribution in [-0.4, -0.2) is 27.1 Å². The summed E-state index contributed by atoms with van der Waals surface area (Å²) in [5.74, 6) is -0.315. The molecule has 5 heteroatoms. The number of carboxylic acids is 1. The van der Waals surface area contributed by atoms with Crippen LogP contribution >= 0.6 is 11.8 Å². The number of hydrogen-bond donors (Lipinski definition) is 1. The maximum Gasteiger partial charge on any atom is 0.334 e. The van der Waals surface area contributed by atoms with E-state index in [0.29, 0.717) is 12.1 Å². The van der Waals surface area contributed by atoms with Crippen molar-refractivity contribution in [2.75, 3.05) is 5.75 Å². The number of thioether (sulfide) groups is 1. The molecule has 0 bridgehead atoms. The van der Waals surface area contributed by atoms with Gasteiger partial charge in [0.1, 0.15) is 11.2 Å². The molecular weight excluding hydrogens is 433 g/mol. The Morgan fingerprint density at radius 1 is 0.939 bits per heavy atom. The zero-order valence-electron chi connectivity index (χ0n) is 18.2. The predicted octanol–water partition coefficient (Wildman–Crippen LogP) is 6.53. The molecule has 1 aliphatic rings. The molecule has 1 atom stereocenters. The molecule has 1 unspecified atom stereocenters. The first-order chi connectivity index (χ1) is 16.1. The molecule has 3 aromatic rings. The monoisotopic (exact) mass is 459 g/mol. The summed E-state index contributed by atoms with van der Waals surface area (Å²) in [7, 11) is 0. The van der Waals surface area contributed by atoms with Gasteiger partial charge in [-0.2, -0.15) is 0 Å². The molecule has 168 valence electrons. The highest BCUT2D eigenvalue weighted by atomic mass is 32.2. The van der Waals surface area contributed by atoms with E-state index in [1.54, 1.807) is 36.0 Å². The summed E-state index contributed by atoms with van der Waals surface area (Å²) in [5, 5.41) is 9.51. The van der Waals surface area contributed by atoms with E-state index in [-0.39, 0.29) is 11.2 Å². The fourth-order valence-electron chi connectivity index (χ4n) is 3.91. The summed E-state index contributed by atoms with van der Waals surface area (Å²) in [4.78, 5) is 14.0. The number of carbonyl (C=O) groups is 1. The number of nitrogens with zero attached hydrogens (tertiary/aromatic N) is 1. The first-order valence-electron chi connectivity index (χ1n) is 11.0. The summed E-state index contributed by atoms with van der Waals surface area (Å²) in [6.45, 7) is 0.622. The minimum absolute atomic E-state index is 0.231. The summed E-state index contributed by atoms with van der Waals surface area (Å²) in [6, 6.07) is 25.2. The van der Waals surface area contributed by atoms with Crippen LogP contribution in [0.5, 0.6) is 0 Å². The summed E-state index contributed by atoms with van der Waals surface area (Å²) < 4.78 is 13.1. The van der Waals surface area contributed by atoms with Crippen LogP contribution in [0.15, 0.2) is 103 Å². The maximum atomic E-state index is 13.1.